The molecule has 4 heteroatoms. The second-order valence-corrected chi connectivity index (χ2v) is 4.76. The monoisotopic (exact) mass is 285 g/mol. The summed E-state index contributed by atoms with van der Waals surface area (Å²) in [5, 5.41) is 14.4. The zero-order chi connectivity index (χ0) is 15.2. The summed E-state index contributed by atoms with van der Waals surface area (Å²) in [7, 11) is 0. The van der Waals surface area contributed by atoms with Crippen LogP contribution in [0.15, 0.2) is 49.1 Å². The van der Waals surface area contributed by atoms with E-state index in [1.54, 1.807) is 13.0 Å². The number of aliphatic hydroxyl groups is 1. The van der Waals surface area contributed by atoms with Crippen molar-refractivity contribution in [1.29, 1.82) is 0 Å². The van der Waals surface area contributed by atoms with Crippen molar-refractivity contribution in [1.82, 2.24) is 5.32 Å². The van der Waals surface area contributed by atoms with E-state index < -0.39 is 6.10 Å². The molecule has 0 radical (unpaired) electrons. The highest BCUT2D eigenvalue weighted by Gasteiger charge is 2.14. The number of hydrogen-bond donors (Lipinski definition) is 2. The Labute approximate surface area is 124 Å². The smallest absolute Gasteiger partial charge is 0.258 e. The molecule has 0 aliphatic carbocycles. The van der Waals surface area contributed by atoms with E-state index in [9.17, 15) is 9.90 Å². The molecule has 2 rings (SSSR count). The van der Waals surface area contributed by atoms with E-state index >= 15 is 0 Å². The summed E-state index contributed by atoms with van der Waals surface area (Å²) in [5.74, 6) is 0.330. The Balaban J connectivity index is 2.29. The van der Waals surface area contributed by atoms with Gasteiger partial charge in [-0.1, -0.05) is 42.5 Å². The summed E-state index contributed by atoms with van der Waals surface area (Å²) >= 11 is 0. The standard InChI is InChI=1S/C17H19NO3/c1-3-10-18-16(20)11-21-17-14(12(2)19)9-8-13-6-4-5-7-15(13)17/h3-9,12,19H,1,10-11H2,2H3,(H,18,20). The van der Waals surface area contributed by atoms with Gasteiger partial charge in [0.1, 0.15) is 5.75 Å². The topological polar surface area (TPSA) is 58.6 Å². The molecule has 4 nitrogen and oxygen atoms in total. The summed E-state index contributed by atoms with van der Waals surface area (Å²) in [6, 6.07) is 11.5. The first-order valence-corrected chi connectivity index (χ1v) is 6.83. The summed E-state index contributed by atoms with van der Waals surface area (Å²) in [6.07, 6.45) is 0.942. The first-order valence-electron chi connectivity index (χ1n) is 6.83. The number of nitrogens with one attached hydrogen (secondary N) is 1. The molecule has 0 fully saturated rings. The fourth-order valence-corrected chi connectivity index (χ4v) is 2.12. The highest BCUT2D eigenvalue weighted by atomic mass is 16.5. The molecular formula is C17H19NO3. The Morgan fingerprint density at radius 2 is 2.14 bits per heavy atom. The molecule has 0 saturated heterocycles. The molecule has 0 saturated carbocycles. The first kappa shape index (κ1) is 15.1. The summed E-state index contributed by atoms with van der Waals surface area (Å²) < 4.78 is 5.66. The average molecular weight is 285 g/mol. The second kappa shape index (κ2) is 6.90. The third kappa shape index (κ3) is 3.61. The SMILES string of the molecule is C=CCNC(=O)COc1c(C(C)O)ccc2ccccc12. The predicted octanol–water partition coefficient (Wildman–Crippen LogP) is 2.57. The maximum Gasteiger partial charge on any atom is 0.258 e. The van der Waals surface area contributed by atoms with Gasteiger partial charge in [-0.3, -0.25) is 4.79 Å². The molecule has 110 valence electrons. The Morgan fingerprint density at radius 1 is 1.38 bits per heavy atom. The number of aliphatic hydroxyl groups excluding tert-OH is 1. The Hall–Kier alpha value is -2.33. The van der Waals surface area contributed by atoms with Crippen molar-refractivity contribution in [3.05, 3.63) is 54.6 Å². The predicted molar refractivity (Wildman–Crippen MR) is 83.3 cm³/mol. The van der Waals surface area contributed by atoms with Gasteiger partial charge in [-0.05, 0) is 12.3 Å². The molecule has 21 heavy (non-hydrogen) atoms. The molecule has 0 bridgehead atoms. The van der Waals surface area contributed by atoms with Gasteiger partial charge >= 0.3 is 0 Å². The molecule has 2 aromatic rings. The number of rotatable bonds is 6. The van der Waals surface area contributed by atoms with Crippen molar-refractivity contribution in [2.45, 2.75) is 13.0 Å². The lowest BCUT2D eigenvalue weighted by Gasteiger charge is -2.16. The van der Waals surface area contributed by atoms with Crippen LogP contribution in [0.1, 0.15) is 18.6 Å². The third-order valence-electron chi connectivity index (χ3n) is 3.15. The van der Waals surface area contributed by atoms with Gasteiger partial charge in [0.15, 0.2) is 6.61 Å². The van der Waals surface area contributed by atoms with Crippen LogP contribution in [-0.4, -0.2) is 24.2 Å². The molecule has 1 atom stereocenters. The van der Waals surface area contributed by atoms with Crippen molar-refractivity contribution in [2.24, 2.45) is 0 Å². The molecule has 1 unspecified atom stereocenters. The highest BCUT2D eigenvalue weighted by Crippen LogP contribution is 2.33. The zero-order valence-corrected chi connectivity index (χ0v) is 12.0. The minimum Gasteiger partial charge on any atom is -0.483 e. The van der Waals surface area contributed by atoms with E-state index in [1.165, 1.54) is 0 Å². The second-order valence-electron chi connectivity index (χ2n) is 4.76. The van der Waals surface area contributed by atoms with Crippen LogP contribution in [0.5, 0.6) is 5.75 Å². The van der Waals surface area contributed by atoms with E-state index in [0.717, 1.165) is 10.8 Å². The van der Waals surface area contributed by atoms with E-state index in [1.807, 2.05) is 36.4 Å². The number of amides is 1. The third-order valence-corrected chi connectivity index (χ3v) is 3.15. The molecular weight excluding hydrogens is 266 g/mol. The van der Waals surface area contributed by atoms with Gasteiger partial charge < -0.3 is 15.2 Å². The van der Waals surface area contributed by atoms with Gasteiger partial charge in [-0.25, -0.2) is 0 Å². The van der Waals surface area contributed by atoms with Gasteiger partial charge in [0.05, 0.1) is 6.10 Å². The molecule has 0 spiro atoms. The van der Waals surface area contributed by atoms with E-state index in [-0.39, 0.29) is 12.5 Å². The fraction of sp³-hybridized carbons (Fsp3) is 0.235. The van der Waals surface area contributed by atoms with Crippen molar-refractivity contribution < 1.29 is 14.6 Å². The van der Waals surface area contributed by atoms with Crippen molar-refractivity contribution in [3.8, 4) is 5.75 Å². The lowest BCUT2D eigenvalue weighted by molar-refractivity contribution is -0.122. The van der Waals surface area contributed by atoms with Crippen LogP contribution < -0.4 is 10.1 Å². The molecule has 0 aliphatic heterocycles. The fourth-order valence-electron chi connectivity index (χ4n) is 2.12. The van der Waals surface area contributed by atoms with Gasteiger partial charge in [0.25, 0.3) is 5.91 Å². The Morgan fingerprint density at radius 3 is 2.86 bits per heavy atom. The van der Waals surface area contributed by atoms with E-state index in [2.05, 4.69) is 11.9 Å². The van der Waals surface area contributed by atoms with Crippen LogP contribution in [0.25, 0.3) is 10.8 Å². The number of benzene rings is 2. The number of ether oxygens (including phenoxy) is 1. The maximum atomic E-state index is 11.6. The van der Waals surface area contributed by atoms with Gasteiger partial charge in [0.2, 0.25) is 0 Å². The summed E-state index contributed by atoms with van der Waals surface area (Å²) in [5.41, 5.74) is 0.672. The van der Waals surface area contributed by atoms with Crippen molar-refractivity contribution in [2.75, 3.05) is 13.2 Å². The van der Waals surface area contributed by atoms with Gasteiger partial charge in [0, 0.05) is 17.5 Å². The van der Waals surface area contributed by atoms with Crippen molar-refractivity contribution >= 4 is 16.7 Å². The molecule has 0 heterocycles. The quantitative estimate of drug-likeness (QED) is 0.802. The Bertz CT molecular complexity index is 650. The summed E-state index contributed by atoms with van der Waals surface area (Å²) in [6.45, 7) is 5.52. The van der Waals surface area contributed by atoms with Crippen molar-refractivity contribution in [3.63, 3.8) is 0 Å². The number of carbonyl (C=O) groups is 1. The number of hydrogen-bond acceptors (Lipinski definition) is 3. The van der Waals surface area contributed by atoms with Crippen LogP contribution >= 0.6 is 0 Å². The largest absolute Gasteiger partial charge is 0.483 e. The maximum absolute atomic E-state index is 11.6. The minimum absolute atomic E-state index is 0.0957. The first-order chi connectivity index (χ1) is 10.1. The number of fused-ring (bicyclic) bond motifs is 1. The van der Waals surface area contributed by atoms with Gasteiger partial charge in [-0.15, -0.1) is 6.58 Å². The average Bonchev–Trinajstić information content (AvgIpc) is 2.50. The molecule has 0 aromatic heterocycles. The molecule has 2 N–H and O–H groups in total. The van der Waals surface area contributed by atoms with Gasteiger partial charge in [-0.2, -0.15) is 0 Å². The Kier molecular flexibility index (Phi) is 4.95. The van der Waals surface area contributed by atoms with Crippen LogP contribution in [0.4, 0.5) is 0 Å². The summed E-state index contributed by atoms with van der Waals surface area (Å²) in [4.78, 5) is 11.6. The van der Waals surface area contributed by atoms with E-state index in [4.69, 9.17) is 4.74 Å². The highest BCUT2D eigenvalue weighted by molar-refractivity contribution is 5.90. The van der Waals surface area contributed by atoms with Crippen LogP contribution in [0, 0.1) is 0 Å². The van der Waals surface area contributed by atoms with Crippen LogP contribution in [0.2, 0.25) is 0 Å². The lowest BCUT2D eigenvalue weighted by Crippen LogP contribution is -2.29. The molecule has 1 amide bonds. The molecule has 0 aliphatic rings. The minimum atomic E-state index is -0.666. The normalized spacial score (nSPS) is 11.9. The number of carbonyl (C=O) groups excluding carboxylic acids is 1. The van der Waals surface area contributed by atoms with E-state index in [0.29, 0.717) is 17.9 Å². The molecule has 2 aromatic carbocycles. The lowest BCUT2D eigenvalue weighted by atomic mass is 10.0. The zero-order valence-electron chi connectivity index (χ0n) is 12.0. The van der Waals surface area contributed by atoms with Crippen LogP contribution in [0.3, 0.4) is 0 Å². The van der Waals surface area contributed by atoms with Crippen LogP contribution in [-0.2, 0) is 4.79 Å².